The Labute approximate surface area is 169 Å². The maximum Gasteiger partial charge on any atom is 0.220 e. The molecular weight excluding hydrogens is 384 g/mol. The maximum absolute atomic E-state index is 12.3. The molecule has 2 aromatic rings. The SMILES string of the molecule is Cc1ccc(C(CNC(=O)CCSc2ccccc2Cl)N2CCOCC2)o1. The van der Waals surface area contributed by atoms with E-state index in [0.717, 1.165) is 34.5 Å². The standard InChI is InChI=1S/C20H25ClN2O3S/c1-15-6-7-18(26-15)17(23-9-11-25-12-10-23)14-22-20(24)8-13-27-19-5-3-2-4-16(19)21/h2-7,17H,8-14H2,1H3,(H,22,24). The number of hydrogen-bond acceptors (Lipinski definition) is 5. The van der Waals surface area contributed by atoms with E-state index in [2.05, 4.69) is 10.2 Å². The first-order valence-corrected chi connectivity index (χ1v) is 10.5. The van der Waals surface area contributed by atoms with E-state index in [9.17, 15) is 4.79 Å². The van der Waals surface area contributed by atoms with Crippen molar-refractivity contribution in [3.63, 3.8) is 0 Å². The Morgan fingerprint density at radius 3 is 2.74 bits per heavy atom. The largest absolute Gasteiger partial charge is 0.465 e. The monoisotopic (exact) mass is 408 g/mol. The van der Waals surface area contributed by atoms with Crippen LogP contribution in [0.15, 0.2) is 45.7 Å². The maximum atomic E-state index is 12.3. The van der Waals surface area contributed by atoms with Gasteiger partial charge in [0.05, 0.1) is 24.3 Å². The fraction of sp³-hybridized carbons (Fsp3) is 0.450. The van der Waals surface area contributed by atoms with Crippen molar-refractivity contribution in [2.75, 3.05) is 38.6 Å². The fourth-order valence-corrected chi connectivity index (χ4v) is 4.23. The second-order valence-electron chi connectivity index (χ2n) is 6.45. The molecule has 146 valence electrons. The molecule has 0 spiro atoms. The third-order valence-electron chi connectivity index (χ3n) is 4.49. The Hall–Kier alpha value is -1.47. The lowest BCUT2D eigenvalue weighted by molar-refractivity contribution is -0.121. The minimum Gasteiger partial charge on any atom is -0.465 e. The summed E-state index contributed by atoms with van der Waals surface area (Å²) in [6, 6.07) is 11.7. The van der Waals surface area contributed by atoms with Gasteiger partial charge in [-0.15, -0.1) is 11.8 Å². The summed E-state index contributed by atoms with van der Waals surface area (Å²) in [5.41, 5.74) is 0. The van der Waals surface area contributed by atoms with Crippen LogP contribution in [0, 0.1) is 6.92 Å². The summed E-state index contributed by atoms with van der Waals surface area (Å²) in [4.78, 5) is 15.6. The van der Waals surface area contributed by atoms with Gasteiger partial charge in [-0.05, 0) is 31.2 Å². The van der Waals surface area contributed by atoms with E-state index in [1.165, 1.54) is 0 Å². The van der Waals surface area contributed by atoms with Crippen molar-refractivity contribution < 1.29 is 13.9 Å². The second kappa shape index (κ2) is 10.2. The van der Waals surface area contributed by atoms with Gasteiger partial charge in [-0.25, -0.2) is 0 Å². The lowest BCUT2D eigenvalue weighted by Gasteiger charge is -2.33. The molecule has 1 aromatic heterocycles. The number of thioether (sulfide) groups is 1. The molecule has 7 heteroatoms. The summed E-state index contributed by atoms with van der Waals surface area (Å²) in [5.74, 6) is 2.50. The van der Waals surface area contributed by atoms with Crippen LogP contribution in [0.2, 0.25) is 5.02 Å². The molecule has 1 aliphatic rings. The minimum atomic E-state index is 0.0303. The summed E-state index contributed by atoms with van der Waals surface area (Å²) in [7, 11) is 0. The van der Waals surface area contributed by atoms with Crippen molar-refractivity contribution in [1.82, 2.24) is 10.2 Å². The van der Waals surface area contributed by atoms with Crippen molar-refractivity contribution >= 4 is 29.3 Å². The van der Waals surface area contributed by atoms with Crippen molar-refractivity contribution in [2.45, 2.75) is 24.3 Å². The van der Waals surface area contributed by atoms with Crippen LogP contribution in [0.3, 0.4) is 0 Å². The van der Waals surface area contributed by atoms with Crippen molar-refractivity contribution in [3.05, 3.63) is 52.9 Å². The van der Waals surface area contributed by atoms with Crippen LogP contribution in [0.25, 0.3) is 0 Å². The zero-order valence-corrected chi connectivity index (χ0v) is 17.0. The minimum absolute atomic E-state index is 0.0303. The number of halogens is 1. The van der Waals surface area contributed by atoms with Gasteiger partial charge in [0.15, 0.2) is 0 Å². The quantitative estimate of drug-likeness (QED) is 0.671. The van der Waals surface area contributed by atoms with Crippen LogP contribution < -0.4 is 5.32 Å². The lowest BCUT2D eigenvalue weighted by Crippen LogP contribution is -2.43. The number of furan rings is 1. The average molecular weight is 409 g/mol. The molecule has 0 aliphatic carbocycles. The molecular formula is C20H25ClN2O3S. The third kappa shape index (κ3) is 6.01. The molecule has 1 aromatic carbocycles. The van der Waals surface area contributed by atoms with Gasteiger partial charge in [0.2, 0.25) is 5.91 Å². The lowest BCUT2D eigenvalue weighted by atomic mass is 10.1. The number of morpholine rings is 1. The fourth-order valence-electron chi connectivity index (χ4n) is 3.05. The Morgan fingerprint density at radius 2 is 2.04 bits per heavy atom. The number of amides is 1. The number of aryl methyl sites for hydroxylation is 1. The first kappa shape index (κ1) is 20.3. The van der Waals surface area contributed by atoms with E-state index >= 15 is 0 Å². The van der Waals surface area contributed by atoms with Gasteiger partial charge in [-0.2, -0.15) is 0 Å². The van der Waals surface area contributed by atoms with E-state index in [1.807, 2.05) is 43.3 Å². The second-order valence-corrected chi connectivity index (χ2v) is 7.99. The highest BCUT2D eigenvalue weighted by atomic mass is 35.5. The summed E-state index contributed by atoms with van der Waals surface area (Å²) < 4.78 is 11.3. The molecule has 0 radical (unpaired) electrons. The van der Waals surface area contributed by atoms with Gasteiger partial charge in [0.25, 0.3) is 0 Å². The molecule has 1 amide bonds. The van der Waals surface area contributed by atoms with Gasteiger partial charge >= 0.3 is 0 Å². The molecule has 3 rings (SSSR count). The molecule has 2 heterocycles. The van der Waals surface area contributed by atoms with Gasteiger partial charge in [0.1, 0.15) is 11.5 Å². The van der Waals surface area contributed by atoms with Gasteiger partial charge < -0.3 is 14.5 Å². The number of nitrogens with one attached hydrogen (secondary N) is 1. The van der Waals surface area contributed by atoms with Crippen molar-refractivity contribution in [2.24, 2.45) is 0 Å². The number of carbonyl (C=O) groups is 1. The van der Waals surface area contributed by atoms with E-state index in [0.29, 0.717) is 31.9 Å². The molecule has 0 bridgehead atoms. The number of benzene rings is 1. The van der Waals surface area contributed by atoms with Crippen LogP contribution >= 0.6 is 23.4 Å². The van der Waals surface area contributed by atoms with E-state index in [-0.39, 0.29) is 11.9 Å². The molecule has 1 atom stereocenters. The Bertz CT molecular complexity index is 746. The molecule has 5 nitrogen and oxygen atoms in total. The molecule has 1 aliphatic heterocycles. The smallest absolute Gasteiger partial charge is 0.220 e. The zero-order valence-electron chi connectivity index (χ0n) is 15.4. The molecule has 1 N–H and O–H groups in total. The number of carbonyl (C=O) groups excluding carboxylic acids is 1. The summed E-state index contributed by atoms with van der Waals surface area (Å²) in [5, 5.41) is 3.79. The third-order valence-corrected chi connectivity index (χ3v) is 6.01. The highest BCUT2D eigenvalue weighted by Crippen LogP contribution is 2.27. The van der Waals surface area contributed by atoms with Crippen LogP contribution in [0.1, 0.15) is 24.0 Å². The number of hydrogen-bond donors (Lipinski definition) is 1. The molecule has 1 unspecified atom stereocenters. The number of ether oxygens (including phenoxy) is 1. The van der Waals surface area contributed by atoms with Crippen molar-refractivity contribution in [1.29, 1.82) is 0 Å². The summed E-state index contributed by atoms with van der Waals surface area (Å²) in [6.07, 6.45) is 0.447. The topological polar surface area (TPSA) is 54.7 Å². The van der Waals surface area contributed by atoms with E-state index in [1.54, 1.807) is 11.8 Å². The van der Waals surface area contributed by atoms with E-state index < -0.39 is 0 Å². The Morgan fingerprint density at radius 1 is 1.26 bits per heavy atom. The van der Waals surface area contributed by atoms with Crippen LogP contribution in [0.4, 0.5) is 0 Å². The molecule has 0 saturated carbocycles. The zero-order chi connectivity index (χ0) is 19.1. The predicted molar refractivity (Wildman–Crippen MR) is 108 cm³/mol. The number of rotatable bonds is 8. The predicted octanol–water partition coefficient (Wildman–Crippen LogP) is 3.91. The van der Waals surface area contributed by atoms with Crippen LogP contribution in [-0.4, -0.2) is 49.4 Å². The van der Waals surface area contributed by atoms with E-state index in [4.69, 9.17) is 20.8 Å². The van der Waals surface area contributed by atoms with Crippen molar-refractivity contribution in [3.8, 4) is 0 Å². The van der Waals surface area contributed by atoms with Crippen LogP contribution in [-0.2, 0) is 9.53 Å². The molecule has 1 fully saturated rings. The van der Waals surface area contributed by atoms with Gasteiger partial charge in [-0.1, -0.05) is 23.7 Å². The van der Waals surface area contributed by atoms with Gasteiger partial charge in [-0.3, -0.25) is 9.69 Å². The normalized spacial score (nSPS) is 16.2. The Kier molecular flexibility index (Phi) is 7.64. The average Bonchev–Trinajstić information content (AvgIpc) is 3.10. The first-order valence-electron chi connectivity index (χ1n) is 9.15. The highest BCUT2D eigenvalue weighted by Gasteiger charge is 2.25. The summed E-state index contributed by atoms with van der Waals surface area (Å²) >= 11 is 7.75. The summed E-state index contributed by atoms with van der Waals surface area (Å²) in [6.45, 7) is 5.55. The first-order chi connectivity index (χ1) is 13.1. The Balaban J connectivity index is 1.50. The number of nitrogens with zero attached hydrogens (tertiary/aromatic N) is 1. The van der Waals surface area contributed by atoms with Gasteiger partial charge in [0, 0.05) is 36.7 Å². The molecule has 1 saturated heterocycles. The highest BCUT2D eigenvalue weighted by molar-refractivity contribution is 7.99. The van der Waals surface area contributed by atoms with Crippen LogP contribution in [0.5, 0.6) is 0 Å². The molecule has 27 heavy (non-hydrogen) atoms.